The van der Waals surface area contributed by atoms with Crippen molar-refractivity contribution >= 4 is 5.97 Å². The largest absolute Gasteiger partial charge is 0.496 e. The highest BCUT2D eigenvalue weighted by molar-refractivity contribution is 5.69. The summed E-state index contributed by atoms with van der Waals surface area (Å²) < 4.78 is 10.1. The van der Waals surface area contributed by atoms with Crippen LogP contribution in [0, 0.1) is 0 Å². The van der Waals surface area contributed by atoms with Crippen molar-refractivity contribution in [3.63, 3.8) is 0 Å². The van der Waals surface area contributed by atoms with Crippen molar-refractivity contribution in [2.45, 2.75) is 38.0 Å². The monoisotopic (exact) mass is 248 g/mol. The van der Waals surface area contributed by atoms with Gasteiger partial charge in [0.1, 0.15) is 5.75 Å². The van der Waals surface area contributed by atoms with Crippen molar-refractivity contribution in [1.82, 2.24) is 0 Å². The lowest BCUT2D eigenvalue weighted by Crippen LogP contribution is -2.13. The third-order valence-electron chi connectivity index (χ3n) is 3.73. The summed E-state index contributed by atoms with van der Waals surface area (Å²) in [5.41, 5.74) is 2.67. The van der Waals surface area contributed by atoms with Gasteiger partial charge in [-0.15, -0.1) is 0 Å². The molecule has 3 heteroatoms. The highest BCUT2D eigenvalue weighted by atomic mass is 16.5. The molecule has 0 spiro atoms. The Bertz CT molecular complexity index is 426. The summed E-state index contributed by atoms with van der Waals surface area (Å²) in [6, 6.07) is 6.22. The molecule has 1 aromatic rings. The van der Waals surface area contributed by atoms with Gasteiger partial charge in [-0.1, -0.05) is 12.1 Å². The van der Waals surface area contributed by atoms with E-state index in [2.05, 4.69) is 6.07 Å². The SMILES string of the molecule is COC(=O)CC[C@@H]1CCCc2c(OC)cccc21. The normalized spacial score (nSPS) is 18.0. The van der Waals surface area contributed by atoms with E-state index in [-0.39, 0.29) is 5.97 Å². The highest BCUT2D eigenvalue weighted by Crippen LogP contribution is 2.38. The first-order valence-electron chi connectivity index (χ1n) is 6.49. The fourth-order valence-electron chi connectivity index (χ4n) is 2.80. The van der Waals surface area contributed by atoms with Crippen LogP contribution in [0.1, 0.15) is 42.7 Å². The van der Waals surface area contributed by atoms with E-state index in [1.54, 1.807) is 7.11 Å². The summed E-state index contributed by atoms with van der Waals surface area (Å²) in [6.07, 6.45) is 4.76. The number of hydrogen-bond donors (Lipinski definition) is 0. The molecular formula is C15H20O3. The second-order valence-corrected chi connectivity index (χ2v) is 4.73. The average molecular weight is 248 g/mol. The van der Waals surface area contributed by atoms with Crippen LogP contribution in [0.4, 0.5) is 0 Å². The molecule has 0 N–H and O–H groups in total. The Morgan fingerprint density at radius 2 is 2.22 bits per heavy atom. The van der Waals surface area contributed by atoms with Gasteiger partial charge in [-0.05, 0) is 48.8 Å². The van der Waals surface area contributed by atoms with Gasteiger partial charge >= 0.3 is 5.97 Å². The fourth-order valence-corrected chi connectivity index (χ4v) is 2.80. The van der Waals surface area contributed by atoms with Crippen LogP contribution in [0.15, 0.2) is 18.2 Å². The molecule has 0 aliphatic heterocycles. The van der Waals surface area contributed by atoms with Crippen LogP contribution in [0.25, 0.3) is 0 Å². The molecule has 0 amide bonds. The van der Waals surface area contributed by atoms with Crippen LogP contribution in [0.3, 0.4) is 0 Å². The summed E-state index contributed by atoms with van der Waals surface area (Å²) in [4.78, 5) is 11.2. The predicted octanol–water partition coefficient (Wildman–Crippen LogP) is 3.07. The molecule has 0 unspecified atom stereocenters. The van der Waals surface area contributed by atoms with E-state index in [0.29, 0.717) is 12.3 Å². The van der Waals surface area contributed by atoms with Crippen molar-refractivity contribution in [3.05, 3.63) is 29.3 Å². The van der Waals surface area contributed by atoms with E-state index < -0.39 is 0 Å². The van der Waals surface area contributed by atoms with Gasteiger partial charge in [-0.3, -0.25) is 4.79 Å². The maximum atomic E-state index is 11.2. The fraction of sp³-hybridized carbons (Fsp3) is 0.533. The van der Waals surface area contributed by atoms with Gasteiger partial charge in [0.2, 0.25) is 0 Å². The number of benzene rings is 1. The topological polar surface area (TPSA) is 35.5 Å². The molecule has 3 nitrogen and oxygen atoms in total. The number of ether oxygens (including phenoxy) is 2. The van der Waals surface area contributed by atoms with Crippen LogP contribution in [0.2, 0.25) is 0 Å². The van der Waals surface area contributed by atoms with Crippen LogP contribution >= 0.6 is 0 Å². The Morgan fingerprint density at radius 1 is 1.39 bits per heavy atom. The molecule has 1 aromatic carbocycles. The molecule has 0 saturated carbocycles. The average Bonchev–Trinajstić information content (AvgIpc) is 2.43. The van der Waals surface area contributed by atoms with Gasteiger partial charge in [-0.25, -0.2) is 0 Å². The molecule has 98 valence electrons. The number of esters is 1. The molecule has 0 fully saturated rings. The van der Waals surface area contributed by atoms with E-state index in [1.165, 1.54) is 24.7 Å². The standard InChI is InChI=1S/C15H20O3/c1-17-14-8-4-6-12-11(5-3-7-13(12)14)9-10-15(16)18-2/h4,6,8,11H,3,5,7,9-10H2,1-2H3/t11-/m0/s1. The van der Waals surface area contributed by atoms with Gasteiger partial charge in [-0.2, -0.15) is 0 Å². The first-order valence-corrected chi connectivity index (χ1v) is 6.49. The zero-order chi connectivity index (χ0) is 13.0. The summed E-state index contributed by atoms with van der Waals surface area (Å²) in [5, 5.41) is 0. The first-order chi connectivity index (χ1) is 8.76. The van der Waals surface area contributed by atoms with Crippen molar-refractivity contribution < 1.29 is 14.3 Å². The number of carbonyl (C=O) groups excluding carboxylic acids is 1. The van der Waals surface area contributed by atoms with Crippen molar-refractivity contribution in [1.29, 1.82) is 0 Å². The second-order valence-electron chi connectivity index (χ2n) is 4.73. The molecule has 0 radical (unpaired) electrons. The van der Waals surface area contributed by atoms with Crippen LogP contribution in [-0.2, 0) is 16.0 Å². The van der Waals surface area contributed by atoms with Crippen molar-refractivity contribution in [2.75, 3.05) is 14.2 Å². The van der Waals surface area contributed by atoms with Crippen molar-refractivity contribution in [2.24, 2.45) is 0 Å². The van der Waals surface area contributed by atoms with E-state index in [0.717, 1.165) is 25.0 Å². The van der Waals surface area contributed by atoms with E-state index in [4.69, 9.17) is 9.47 Å². The molecule has 2 rings (SSSR count). The highest BCUT2D eigenvalue weighted by Gasteiger charge is 2.23. The number of fused-ring (bicyclic) bond motifs is 1. The maximum absolute atomic E-state index is 11.2. The van der Waals surface area contributed by atoms with Gasteiger partial charge in [0.25, 0.3) is 0 Å². The zero-order valence-electron chi connectivity index (χ0n) is 11.1. The first kappa shape index (κ1) is 12.9. The van der Waals surface area contributed by atoms with Crippen LogP contribution in [-0.4, -0.2) is 20.2 Å². The Balaban J connectivity index is 2.15. The Morgan fingerprint density at radius 3 is 2.94 bits per heavy atom. The van der Waals surface area contributed by atoms with Gasteiger partial charge in [0, 0.05) is 6.42 Å². The van der Waals surface area contributed by atoms with Crippen LogP contribution in [0.5, 0.6) is 5.75 Å². The molecule has 18 heavy (non-hydrogen) atoms. The quantitative estimate of drug-likeness (QED) is 0.768. The van der Waals surface area contributed by atoms with E-state index >= 15 is 0 Å². The lowest BCUT2D eigenvalue weighted by atomic mass is 9.80. The molecule has 1 aliphatic carbocycles. The summed E-state index contributed by atoms with van der Waals surface area (Å²) >= 11 is 0. The molecule has 1 aliphatic rings. The molecule has 0 bridgehead atoms. The number of hydrogen-bond acceptors (Lipinski definition) is 3. The molecule has 1 atom stereocenters. The zero-order valence-corrected chi connectivity index (χ0v) is 11.1. The third kappa shape index (κ3) is 2.66. The number of methoxy groups -OCH3 is 2. The minimum Gasteiger partial charge on any atom is -0.496 e. The Labute approximate surface area is 108 Å². The Kier molecular flexibility index (Phi) is 4.24. The maximum Gasteiger partial charge on any atom is 0.305 e. The lowest BCUT2D eigenvalue weighted by molar-refractivity contribution is -0.140. The van der Waals surface area contributed by atoms with E-state index in [1.807, 2.05) is 12.1 Å². The summed E-state index contributed by atoms with van der Waals surface area (Å²) in [5.74, 6) is 1.32. The molecule has 0 heterocycles. The number of rotatable bonds is 4. The summed E-state index contributed by atoms with van der Waals surface area (Å²) in [7, 11) is 3.16. The van der Waals surface area contributed by atoms with Crippen molar-refractivity contribution in [3.8, 4) is 5.75 Å². The van der Waals surface area contributed by atoms with Crippen LogP contribution < -0.4 is 4.74 Å². The second kappa shape index (κ2) is 5.89. The Hall–Kier alpha value is -1.51. The van der Waals surface area contributed by atoms with E-state index in [9.17, 15) is 4.79 Å². The lowest BCUT2D eigenvalue weighted by Gasteiger charge is -2.26. The van der Waals surface area contributed by atoms with Gasteiger partial charge in [0.15, 0.2) is 0 Å². The number of carbonyl (C=O) groups is 1. The minimum atomic E-state index is -0.120. The molecule has 0 aromatic heterocycles. The third-order valence-corrected chi connectivity index (χ3v) is 3.73. The predicted molar refractivity (Wildman–Crippen MR) is 69.9 cm³/mol. The summed E-state index contributed by atoms with van der Waals surface area (Å²) in [6.45, 7) is 0. The van der Waals surface area contributed by atoms with Gasteiger partial charge in [0.05, 0.1) is 14.2 Å². The smallest absolute Gasteiger partial charge is 0.305 e. The van der Waals surface area contributed by atoms with Gasteiger partial charge < -0.3 is 9.47 Å². The molecule has 0 saturated heterocycles. The molecular weight excluding hydrogens is 228 g/mol. The minimum absolute atomic E-state index is 0.120.